The number of carboxylic acid groups (broad SMARTS) is 1. The van der Waals surface area contributed by atoms with Crippen LogP contribution in [-0.2, 0) is 27.1 Å². The Morgan fingerprint density at radius 2 is 1.84 bits per heavy atom. The molecule has 0 aromatic carbocycles. The number of nitrogens with zero attached hydrogens (tertiary/aromatic N) is 4. The maximum absolute atomic E-state index is 12.8. The van der Waals surface area contributed by atoms with E-state index >= 15 is 0 Å². The minimum Gasteiger partial charge on any atom is -0.465 e. The summed E-state index contributed by atoms with van der Waals surface area (Å²) < 4.78 is 10.4. The van der Waals surface area contributed by atoms with Gasteiger partial charge < -0.3 is 35.0 Å². The second kappa shape index (κ2) is 11.8. The number of ether oxygens (including phenoxy) is 2. The number of carbonyl (C=O) groups is 2. The van der Waals surface area contributed by atoms with Crippen LogP contribution in [-0.4, -0.2) is 91.3 Å². The lowest BCUT2D eigenvalue weighted by Gasteiger charge is -2.46. The normalized spacial score (nSPS) is 19.2. The fraction of sp³-hybridized carbons (Fsp3) is 0.769. The van der Waals surface area contributed by atoms with E-state index in [4.69, 9.17) is 19.4 Å². The lowest BCUT2D eigenvalue weighted by atomic mass is 9.79. The maximum Gasteiger partial charge on any atom is 0.407 e. The molecule has 1 aromatic rings. The van der Waals surface area contributed by atoms with Gasteiger partial charge in [-0.2, -0.15) is 4.98 Å². The lowest BCUT2D eigenvalue weighted by molar-refractivity contribution is -0.127. The first-order valence-corrected chi connectivity index (χ1v) is 13.4. The summed E-state index contributed by atoms with van der Waals surface area (Å²) in [6.45, 7) is 7.35. The average Bonchev–Trinajstić information content (AvgIpc) is 3.29. The summed E-state index contributed by atoms with van der Waals surface area (Å²) in [6.07, 6.45) is 4.85. The monoisotopic (exact) mass is 518 g/mol. The fourth-order valence-corrected chi connectivity index (χ4v) is 5.82. The molecule has 2 aliphatic heterocycles. The predicted molar refractivity (Wildman–Crippen MR) is 140 cm³/mol. The molecule has 4 rings (SSSR count). The Balaban J connectivity index is 1.49. The minimum absolute atomic E-state index is 0.00573. The number of methoxy groups -OCH3 is 2. The number of rotatable bonds is 11. The summed E-state index contributed by atoms with van der Waals surface area (Å²) in [6, 6.07) is -0.0713. The molecule has 0 radical (unpaired) electrons. The molecule has 1 atom stereocenters. The summed E-state index contributed by atoms with van der Waals surface area (Å²) in [7, 11) is 3.10. The number of anilines is 2. The van der Waals surface area contributed by atoms with E-state index in [1.807, 2.05) is 0 Å². The number of aromatic nitrogens is 2. The number of hydrogen-bond donors (Lipinski definition) is 3. The molecule has 0 saturated carbocycles. The van der Waals surface area contributed by atoms with Crippen molar-refractivity contribution in [1.82, 2.24) is 20.2 Å². The van der Waals surface area contributed by atoms with Gasteiger partial charge in [-0.15, -0.1) is 0 Å². The van der Waals surface area contributed by atoms with Gasteiger partial charge in [0.2, 0.25) is 11.9 Å². The quantitative estimate of drug-likeness (QED) is 0.378. The number of carbonyl (C=O) groups excluding carboxylic acids is 1. The van der Waals surface area contributed by atoms with Crippen molar-refractivity contribution in [3.8, 4) is 0 Å². The molecule has 3 heterocycles. The van der Waals surface area contributed by atoms with E-state index in [1.54, 1.807) is 14.2 Å². The molecule has 11 heteroatoms. The van der Waals surface area contributed by atoms with Crippen LogP contribution in [0.25, 0.3) is 0 Å². The van der Waals surface area contributed by atoms with Crippen LogP contribution >= 0.6 is 0 Å². The third kappa shape index (κ3) is 6.62. The number of nitrogens with one attached hydrogen (secondary N) is 2. The largest absolute Gasteiger partial charge is 0.465 e. The van der Waals surface area contributed by atoms with Gasteiger partial charge in [0.15, 0.2) is 6.29 Å². The van der Waals surface area contributed by atoms with Gasteiger partial charge in [0, 0.05) is 63.8 Å². The molecular formula is C26H42N6O5. The van der Waals surface area contributed by atoms with Gasteiger partial charge in [-0.3, -0.25) is 4.79 Å². The number of likely N-dealkylation sites (tertiary alicyclic amines) is 1. The summed E-state index contributed by atoms with van der Waals surface area (Å²) in [5, 5.41) is 15.8. The summed E-state index contributed by atoms with van der Waals surface area (Å²) >= 11 is 0. The standard InChI is InChI=1S/C26H42N6O5/c1-17(2)11-18(12-21(33)27-13-22(36-3)37-4)28-23-19-7-5-6-8-20(19)29-24(30-23)31-10-9-26(14-31)15-32(16-26)25(34)35/h17-18,22H,5-16H2,1-4H3,(H,27,33)(H,34,35)(H,28,29,30)/t18-/m0/s1. The topological polar surface area (TPSA) is 129 Å². The molecule has 206 valence electrons. The average molecular weight is 519 g/mol. The van der Waals surface area contributed by atoms with E-state index in [0.29, 0.717) is 37.9 Å². The molecule has 1 spiro atoms. The second-order valence-corrected chi connectivity index (χ2v) is 11.2. The Hall–Kier alpha value is -2.66. The van der Waals surface area contributed by atoms with Crippen LogP contribution < -0.4 is 15.5 Å². The van der Waals surface area contributed by atoms with Crippen molar-refractivity contribution in [3.05, 3.63) is 11.3 Å². The van der Waals surface area contributed by atoms with Gasteiger partial charge >= 0.3 is 6.09 Å². The van der Waals surface area contributed by atoms with Gasteiger partial charge in [-0.25, -0.2) is 9.78 Å². The van der Waals surface area contributed by atoms with Crippen molar-refractivity contribution in [2.24, 2.45) is 11.3 Å². The first-order chi connectivity index (χ1) is 17.7. The smallest absolute Gasteiger partial charge is 0.407 e. The summed E-state index contributed by atoms with van der Waals surface area (Å²) in [4.78, 5) is 37.7. The molecule has 11 nitrogen and oxygen atoms in total. The zero-order valence-corrected chi connectivity index (χ0v) is 22.6. The van der Waals surface area contributed by atoms with Crippen molar-refractivity contribution >= 4 is 23.8 Å². The van der Waals surface area contributed by atoms with E-state index in [9.17, 15) is 14.7 Å². The highest BCUT2D eigenvalue weighted by atomic mass is 16.7. The van der Waals surface area contributed by atoms with E-state index in [0.717, 1.165) is 68.7 Å². The first kappa shape index (κ1) is 27.4. The Morgan fingerprint density at radius 1 is 1.11 bits per heavy atom. The number of hydrogen-bond acceptors (Lipinski definition) is 8. The minimum atomic E-state index is -0.846. The highest BCUT2D eigenvalue weighted by molar-refractivity contribution is 5.77. The predicted octanol–water partition coefficient (Wildman–Crippen LogP) is 2.50. The molecule has 2 saturated heterocycles. The fourth-order valence-electron chi connectivity index (χ4n) is 5.82. The maximum atomic E-state index is 12.8. The molecule has 1 aromatic heterocycles. The summed E-state index contributed by atoms with van der Waals surface area (Å²) in [5.74, 6) is 1.90. The van der Waals surface area contributed by atoms with Gasteiger partial charge in [-0.1, -0.05) is 13.8 Å². The van der Waals surface area contributed by atoms with Gasteiger partial charge in [0.1, 0.15) is 5.82 Å². The van der Waals surface area contributed by atoms with E-state index in [-0.39, 0.29) is 17.4 Å². The van der Waals surface area contributed by atoms with Crippen LogP contribution in [0.3, 0.4) is 0 Å². The Morgan fingerprint density at radius 3 is 2.51 bits per heavy atom. The Kier molecular flexibility index (Phi) is 8.74. The molecule has 3 N–H and O–H groups in total. The molecule has 1 aliphatic carbocycles. The highest BCUT2D eigenvalue weighted by Gasteiger charge is 2.50. The first-order valence-electron chi connectivity index (χ1n) is 13.4. The van der Waals surface area contributed by atoms with Gasteiger partial charge in [-0.05, 0) is 44.4 Å². The number of fused-ring (bicyclic) bond motifs is 1. The second-order valence-electron chi connectivity index (χ2n) is 11.2. The molecule has 3 aliphatic rings. The number of amides is 2. The third-order valence-corrected chi connectivity index (χ3v) is 7.74. The van der Waals surface area contributed by atoms with E-state index in [1.165, 1.54) is 4.90 Å². The number of aryl methyl sites for hydroxylation is 1. The van der Waals surface area contributed by atoms with Crippen molar-refractivity contribution in [2.45, 2.75) is 71.1 Å². The third-order valence-electron chi connectivity index (χ3n) is 7.74. The molecule has 37 heavy (non-hydrogen) atoms. The molecule has 0 unspecified atom stereocenters. The molecule has 2 amide bonds. The van der Waals surface area contributed by atoms with E-state index in [2.05, 4.69) is 29.4 Å². The lowest BCUT2D eigenvalue weighted by Crippen LogP contribution is -2.59. The van der Waals surface area contributed by atoms with E-state index < -0.39 is 12.4 Å². The van der Waals surface area contributed by atoms with Crippen molar-refractivity contribution < 1.29 is 24.2 Å². The van der Waals surface area contributed by atoms with Crippen molar-refractivity contribution in [2.75, 3.05) is 57.2 Å². The van der Waals surface area contributed by atoms with Crippen LogP contribution in [0.5, 0.6) is 0 Å². The van der Waals surface area contributed by atoms with Crippen molar-refractivity contribution in [1.29, 1.82) is 0 Å². The van der Waals surface area contributed by atoms with Crippen molar-refractivity contribution in [3.63, 3.8) is 0 Å². The SMILES string of the molecule is COC(CNC(=O)C[C@H](CC(C)C)Nc1nc(N2CCC3(CN(C(=O)O)C3)C2)nc2c1CCCC2)OC. The zero-order valence-electron chi connectivity index (χ0n) is 22.6. The molecular weight excluding hydrogens is 476 g/mol. The molecule has 0 bridgehead atoms. The van der Waals surface area contributed by atoms with Crippen LogP contribution in [0.15, 0.2) is 0 Å². The van der Waals surface area contributed by atoms with Crippen LogP contribution in [0.2, 0.25) is 0 Å². The summed E-state index contributed by atoms with van der Waals surface area (Å²) in [5.41, 5.74) is 2.26. The van der Waals surface area contributed by atoms with Gasteiger partial charge in [0.25, 0.3) is 0 Å². The van der Waals surface area contributed by atoms with Crippen LogP contribution in [0.1, 0.15) is 57.2 Å². The zero-order chi connectivity index (χ0) is 26.6. The van der Waals surface area contributed by atoms with Crippen LogP contribution in [0.4, 0.5) is 16.6 Å². The van der Waals surface area contributed by atoms with Crippen LogP contribution in [0, 0.1) is 11.3 Å². The Labute approximate surface area is 219 Å². The molecule has 2 fully saturated rings. The van der Waals surface area contributed by atoms with Gasteiger partial charge in [0.05, 0.1) is 12.2 Å². The highest BCUT2D eigenvalue weighted by Crippen LogP contribution is 2.41. The Bertz CT molecular complexity index is 963.